The zero-order valence-electron chi connectivity index (χ0n) is 13.0. The van der Waals surface area contributed by atoms with E-state index in [-0.39, 0.29) is 6.10 Å². The maximum atomic E-state index is 5.99. The zero-order chi connectivity index (χ0) is 15.2. The Bertz CT molecular complexity index is 546. The average molecular weight is 284 g/mol. The van der Waals surface area contributed by atoms with Gasteiger partial charge in [0.25, 0.3) is 0 Å². The summed E-state index contributed by atoms with van der Waals surface area (Å²) in [6, 6.07) is 16.6. The summed E-state index contributed by atoms with van der Waals surface area (Å²) in [5.74, 6) is 0.889. The zero-order valence-corrected chi connectivity index (χ0v) is 13.0. The molecular weight excluding hydrogens is 260 g/mol. The first kappa shape index (κ1) is 15.4. The highest BCUT2D eigenvalue weighted by molar-refractivity contribution is 5.46. The third-order valence-corrected chi connectivity index (χ3v) is 3.55. The van der Waals surface area contributed by atoms with Gasteiger partial charge >= 0.3 is 0 Å². The van der Waals surface area contributed by atoms with Crippen LogP contribution >= 0.6 is 0 Å². The van der Waals surface area contributed by atoms with E-state index in [2.05, 4.69) is 48.2 Å². The minimum atomic E-state index is 0.0292. The number of hydrogen-bond donors (Lipinski definition) is 1. The van der Waals surface area contributed by atoms with E-state index in [1.165, 1.54) is 16.8 Å². The molecule has 2 N–H and O–H groups in total. The second kappa shape index (κ2) is 7.14. The molecule has 0 radical (unpaired) electrons. The summed E-state index contributed by atoms with van der Waals surface area (Å²) in [4.78, 5) is 2.09. The Morgan fingerprint density at radius 1 is 1.00 bits per heavy atom. The van der Waals surface area contributed by atoms with Gasteiger partial charge < -0.3 is 15.4 Å². The van der Waals surface area contributed by atoms with Gasteiger partial charge in [0.05, 0.1) is 0 Å². The van der Waals surface area contributed by atoms with Crippen LogP contribution in [0.5, 0.6) is 5.75 Å². The Morgan fingerprint density at radius 2 is 1.62 bits per heavy atom. The first-order valence-electron chi connectivity index (χ1n) is 7.33. The highest BCUT2D eigenvalue weighted by atomic mass is 16.5. The Labute approximate surface area is 127 Å². The molecule has 112 valence electrons. The van der Waals surface area contributed by atoms with Gasteiger partial charge in [0.1, 0.15) is 11.9 Å². The second-order valence-corrected chi connectivity index (χ2v) is 5.43. The highest BCUT2D eigenvalue weighted by Gasteiger charge is 2.07. The Kier molecular flexibility index (Phi) is 5.23. The van der Waals surface area contributed by atoms with Gasteiger partial charge in [-0.3, -0.25) is 0 Å². The van der Waals surface area contributed by atoms with Crippen LogP contribution in [0, 0.1) is 0 Å². The van der Waals surface area contributed by atoms with Crippen molar-refractivity contribution < 1.29 is 4.74 Å². The van der Waals surface area contributed by atoms with Crippen LogP contribution in [0.25, 0.3) is 0 Å². The van der Waals surface area contributed by atoms with Crippen molar-refractivity contribution in [2.75, 3.05) is 25.5 Å². The molecule has 0 spiro atoms. The van der Waals surface area contributed by atoms with Crippen LogP contribution in [0.1, 0.15) is 24.2 Å². The van der Waals surface area contributed by atoms with Crippen molar-refractivity contribution in [3.63, 3.8) is 0 Å². The fourth-order valence-electron chi connectivity index (χ4n) is 2.22. The van der Waals surface area contributed by atoms with Crippen LogP contribution < -0.4 is 15.4 Å². The first-order valence-corrected chi connectivity index (χ1v) is 7.33. The Morgan fingerprint density at radius 3 is 2.14 bits per heavy atom. The molecule has 1 atom stereocenters. The van der Waals surface area contributed by atoms with Crippen LogP contribution in [0.4, 0.5) is 5.69 Å². The van der Waals surface area contributed by atoms with Gasteiger partial charge in [-0.1, -0.05) is 24.3 Å². The molecular formula is C18H24N2O. The smallest absolute Gasteiger partial charge is 0.121 e. The summed E-state index contributed by atoms with van der Waals surface area (Å²) >= 11 is 0. The topological polar surface area (TPSA) is 38.5 Å². The van der Waals surface area contributed by atoms with Gasteiger partial charge in [0.2, 0.25) is 0 Å². The molecule has 2 rings (SSSR count). The van der Waals surface area contributed by atoms with Crippen molar-refractivity contribution in [3.05, 3.63) is 59.7 Å². The number of rotatable bonds is 6. The molecule has 0 fully saturated rings. The Balaban J connectivity index is 2.01. The summed E-state index contributed by atoms with van der Waals surface area (Å²) < 4.78 is 5.99. The van der Waals surface area contributed by atoms with Crippen molar-refractivity contribution in [1.82, 2.24) is 0 Å². The van der Waals surface area contributed by atoms with Gasteiger partial charge in [-0.15, -0.1) is 0 Å². The first-order chi connectivity index (χ1) is 10.1. The standard InChI is InChI=1S/C18H24N2O/c1-14(16-6-8-17(9-7-16)20(2)3)21-18-10-4-15(5-11-18)12-13-19/h4-11,14H,12-13,19H2,1-3H3. The van der Waals surface area contributed by atoms with E-state index in [0.717, 1.165) is 12.2 Å². The molecule has 0 heterocycles. The van der Waals surface area contributed by atoms with E-state index < -0.39 is 0 Å². The minimum absolute atomic E-state index is 0.0292. The molecule has 2 aromatic carbocycles. The number of benzene rings is 2. The molecule has 0 saturated heterocycles. The lowest BCUT2D eigenvalue weighted by atomic mass is 10.1. The van der Waals surface area contributed by atoms with Crippen LogP contribution in [0.2, 0.25) is 0 Å². The maximum Gasteiger partial charge on any atom is 0.121 e. The normalized spacial score (nSPS) is 12.0. The summed E-state index contributed by atoms with van der Waals surface area (Å²) in [5.41, 5.74) is 9.16. The van der Waals surface area contributed by atoms with Gasteiger partial charge in [0, 0.05) is 19.8 Å². The predicted molar refractivity (Wildman–Crippen MR) is 89.0 cm³/mol. The SMILES string of the molecule is CC(Oc1ccc(CCN)cc1)c1ccc(N(C)C)cc1. The molecule has 0 aliphatic heterocycles. The molecule has 21 heavy (non-hydrogen) atoms. The molecule has 1 unspecified atom stereocenters. The lowest BCUT2D eigenvalue weighted by Gasteiger charge is -2.17. The molecule has 0 aliphatic rings. The van der Waals surface area contributed by atoms with Gasteiger partial charge in [0.15, 0.2) is 0 Å². The monoisotopic (exact) mass is 284 g/mol. The van der Waals surface area contributed by atoms with Crippen molar-refractivity contribution in [3.8, 4) is 5.75 Å². The molecule has 2 aromatic rings. The van der Waals surface area contributed by atoms with Crippen LogP contribution in [0.3, 0.4) is 0 Å². The van der Waals surface area contributed by atoms with E-state index in [1.54, 1.807) is 0 Å². The quantitative estimate of drug-likeness (QED) is 0.883. The van der Waals surface area contributed by atoms with Gasteiger partial charge in [-0.25, -0.2) is 0 Å². The molecule has 0 aromatic heterocycles. The fraction of sp³-hybridized carbons (Fsp3) is 0.333. The van der Waals surface area contributed by atoms with Gasteiger partial charge in [-0.05, 0) is 55.3 Å². The number of hydrogen-bond acceptors (Lipinski definition) is 3. The number of anilines is 1. The van der Waals surface area contributed by atoms with E-state index in [4.69, 9.17) is 10.5 Å². The lowest BCUT2D eigenvalue weighted by molar-refractivity contribution is 0.227. The number of nitrogens with zero attached hydrogens (tertiary/aromatic N) is 1. The Hall–Kier alpha value is -2.00. The second-order valence-electron chi connectivity index (χ2n) is 5.43. The number of ether oxygens (including phenoxy) is 1. The minimum Gasteiger partial charge on any atom is -0.486 e. The van der Waals surface area contributed by atoms with Crippen LogP contribution in [-0.4, -0.2) is 20.6 Å². The van der Waals surface area contributed by atoms with Crippen molar-refractivity contribution in [2.45, 2.75) is 19.4 Å². The summed E-state index contributed by atoms with van der Waals surface area (Å²) in [6.07, 6.45) is 0.934. The van der Waals surface area contributed by atoms with E-state index >= 15 is 0 Å². The molecule has 3 heteroatoms. The summed E-state index contributed by atoms with van der Waals surface area (Å²) in [5, 5.41) is 0. The lowest BCUT2D eigenvalue weighted by Crippen LogP contribution is -2.09. The largest absolute Gasteiger partial charge is 0.486 e. The van der Waals surface area contributed by atoms with Crippen LogP contribution in [-0.2, 0) is 6.42 Å². The highest BCUT2D eigenvalue weighted by Crippen LogP contribution is 2.23. The average Bonchev–Trinajstić information content (AvgIpc) is 2.49. The van der Waals surface area contributed by atoms with Crippen LogP contribution in [0.15, 0.2) is 48.5 Å². The summed E-state index contributed by atoms with van der Waals surface area (Å²) in [7, 11) is 4.08. The molecule has 0 aliphatic carbocycles. The van der Waals surface area contributed by atoms with E-state index in [0.29, 0.717) is 6.54 Å². The molecule has 0 bridgehead atoms. The third kappa shape index (κ3) is 4.23. The van der Waals surface area contributed by atoms with Crippen molar-refractivity contribution in [1.29, 1.82) is 0 Å². The molecule has 3 nitrogen and oxygen atoms in total. The van der Waals surface area contributed by atoms with E-state index in [9.17, 15) is 0 Å². The summed E-state index contributed by atoms with van der Waals surface area (Å²) in [6.45, 7) is 2.74. The van der Waals surface area contributed by atoms with Gasteiger partial charge in [-0.2, -0.15) is 0 Å². The third-order valence-electron chi connectivity index (χ3n) is 3.55. The fourth-order valence-corrected chi connectivity index (χ4v) is 2.22. The van der Waals surface area contributed by atoms with E-state index in [1.807, 2.05) is 26.2 Å². The van der Waals surface area contributed by atoms with Crippen molar-refractivity contribution in [2.24, 2.45) is 5.73 Å². The predicted octanol–water partition coefficient (Wildman–Crippen LogP) is 3.39. The molecule has 0 amide bonds. The molecule has 0 saturated carbocycles. The number of nitrogens with two attached hydrogens (primary N) is 1. The maximum absolute atomic E-state index is 5.99. The van der Waals surface area contributed by atoms with Crippen molar-refractivity contribution >= 4 is 5.69 Å².